The van der Waals surface area contributed by atoms with Crippen LogP contribution in [0.25, 0.3) is 0 Å². The SMILES string of the molecule is CCC(C)c1ccc(S(=O)(=O)N2CCN[C@H](C)C2)cc1. The zero-order chi connectivity index (χ0) is 14.8. The van der Waals surface area contributed by atoms with Crippen LogP contribution in [0.4, 0.5) is 0 Å². The molecule has 2 rings (SSSR count). The maximum Gasteiger partial charge on any atom is 0.243 e. The fraction of sp³-hybridized carbons (Fsp3) is 0.600. The van der Waals surface area contributed by atoms with Crippen molar-refractivity contribution in [2.75, 3.05) is 19.6 Å². The van der Waals surface area contributed by atoms with Crippen LogP contribution in [0.3, 0.4) is 0 Å². The predicted molar refractivity (Wildman–Crippen MR) is 81.4 cm³/mol. The molecule has 0 radical (unpaired) electrons. The predicted octanol–water partition coefficient (Wildman–Crippen LogP) is 2.18. The fourth-order valence-electron chi connectivity index (χ4n) is 2.47. The molecule has 1 saturated heterocycles. The molecule has 1 fully saturated rings. The molecule has 1 aromatic rings. The average Bonchev–Trinajstić information content (AvgIpc) is 2.46. The van der Waals surface area contributed by atoms with Gasteiger partial charge >= 0.3 is 0 Å². The molecule has 0 aromatic heterocycles. The summed E-state index contributed by atoms with van der Waals surface area (Å²) in [7, 11) is -3.35. The van der Waals surface area contributed by atoms with Crippen molar-refractivity contribution in [1.82, 2.24) is 9.62 Å². The topological polar surface area (TPSA) is 49.4 Å². The third-order valence-electron chi connectivity index (χ3n) is 4.03. The lowest BCUT2D eigenvalue weighted by molar-refractivity contribution is 0.310. The van der Waals surface area contributed by atoms with Crippen LogP contribution in [0, 0.1) is 0 Å². The highest BCUT2D eigenvalue weighted by molar-refractivity contribution is 7.89. The van der Waals surface area contributed by atoms with E-state index in [1.165, 1.54) is 5.56 Å². The number of sulfonamides is 1. The fourth-order valence-corrected chi connectivity index (χ4v) is 4.00. The third kappa shape index (κ3) is 3.22. The van der Waals surface area contributed by atoms with Gasteiger partial charge in [-0.25, -0.2) is 8.42 Å². The van der Waals surface area contributed by atoms with E-state index >= 15 is 0 Å². The van der Waals surface area contributed by atoms with E-state index in [9.17, 15) is 8.42 Å². The van der Waals surface area contributed by atoms with Crippen molar-refractivity contribution in [1.29, 1.82) is 0 Å². The second-order valence-electron chi connectivity index (χ2n) is 5.60. The van der Waals surface area contributed by atoms with E-state index < -0.39 is 10.0 Å². The van der Waals surface area contributed by atoms with Gasteiger partial charge in [-0.05, 0) is 37.0 Å². The molecule has 4 nitrogen and oxygen atoms in total. The Morgan fingerprint density at radius 2 is 2.00 bits per heavy atom. The number of benzene rings is 1. The van der Waals surface area contributed by atoms with E-state index in [-0.39, 0.29) is 6.04 Å². The Morgan fingerprint density at radius 1 is 1.35 bits per heavy atom. The molecular weight excluding hydrogens is 272 g/mol. The van der Waals surface area contributed by atoms with Gasteiger partial charge in [0.25, 0.3) is 0 Å². The van der Waals surface area contributed by atoms with Gasteiger partial charge in [-0.3, -0.25) is 0 Å². The van der Waals surface area contributed by atoms with E-state index in [2.05, 4.69) is 19.2 Å². The Bertz CT molecular complexity index is 539. The third-order valence-corrected chi connectivity index (χ3v) is 5.91. The quantitative estimate of drug-likeness (QED) is 0.926. The summed E-state index contributed by atoms with van der Waals surface area (Å²) in [6.45, 7) is 8.09. The highest BCUT2D eigenvalue weighted by Crippen LogP contribution is 2.22. The second kappa shape index (κ2) is 6.24. The first-order chi connectivity index (χ1) is 9.45. The normalized spacial score (nSPS) is 22.6. The van der Waals surface area contributed by atoms with E-state index in [0.29, 0.717) is 30.4 Å². The summed E-state index contributed by atoms with van der Waals surface area (Å²) >= 11 is 0. The van der Waals surface area contributed by atoms with Gasteiger partial charge in [0.05, 0.1) is 4.90 Å². The lowest BCUT2D eigenvalue weighted by atomic mass is 9.99. The summed E-state index contributed by atoms with van der Waals surface area (Å²) in [6, 6.07) is 7.56. The van der Waals surface area contributed by atoms with Gasteiger partial charge in [0.1, 0.15) is 0 Å². The van der Waals surface area contributed by atoms with Crippen molar-refractivity contribution in [2.24, 2.45) is 0 Å². The lowest BCUT2D eigenvalue weighted by Crippen LogP contribution is -2.51. The van der Waals surface area contributed by atoms with Crippen LogP contribution < -0.4 is 5.32 Å². The Hall–Kier alpha value is -0.910. The molecule has 0 saturated carbocycles. The molecule has 1 heterocycles. The Kier molecular flexibility index (Phi) is 4.83. The smallest absolute Gasteiger partial charge is 0.243 e. The summed E-state index contributed by atoms with van der Waals surface area (Å²) in [5.74, 6) is 0.464. The number of hydrogen-bond donors (Lipinski definition) is 1. The zero-order valence-electron chi connectivity index (χ0n) is 12.5. The maximum atomic E-state index is 12.6. The van der Waals surface area contributed by atoms with Crippen LogP contribution >= 0.6 is 0 Å². The summed E-state index contributed by atoms with van der Waals surface area (Å²) in [4.78, 5) is 0.402. The molecule has 5 heteroatoms. The van der Waals surface area contributed by atoms with Gasteiger partial charge in [0, 0.05) is 25.7 Å². The monoisotopic (exact) mass is 296 g/mol. The summed E-state index contributed by atoms with van der Waals surface area (Å²) in [5, 5.41) is 3.26. The Labute approximate surface area is 122 Å². The van der Waals surface area contributed by atoms with E-state index in [4.69, 9.17) is 0 Å². The molecule has 1 aliphatic rings. The highest BCUT2D eigenvalue weighted by atomic mass is 32.2. The van der Waals surface area contributed by atoms with Gasteiger partial charge in [0.2, 0.25) is 10.0 Å². The molecule has 1 aliphatic heterocycles. The molecule has 2 atom stereocenters. The number of hydrogen-bond acceptors (Lipinski definition) is 3. The van der Waals surface area contributed by atoms with Gasteiger partial charge in [-0.2, -0.15) is 4.31 Å². The molecule has 0 spiro atoms. The molecule has 1 aromatic carbocycles. The maximum absolute atomic E-state index is 12.6. The molecular formula is C15H24N2O2S. The largest absolute Gasteiger partial charge is 0.312 e. The van der Waals surface area contributed by atoms with Crippen LogP contribution in [0.15, 0.2) is 29.2 Å². The molecule has 1 N–H and O–H groups in total. The van der Waals surface area contributed by atoms with E-state index in [1.807, 2.05) is 19.1 Å². The standard InChI is InChI=1S/C15H24N2O2S/c1-4-12(2)14-5-7-15(8-6-14)20(18,19)17-10-9-16-13(3)11-17/h5-8,12-13,16H,4,9-11H2,1-3H3/t12?,13-/m1/s1. The minimum absolute atomic E-state index is 0.206. The van der Waals surface area contributed by atoms with E-state index in [1.54, 1.807) is 16.4 Å². The summed E-state index contributed by atoms with van der Waals surface area (Å²) < 4.78 is 26.7. The number of rotatable bonds is 4. The molecule has 1 unspecified atom stereocenters. The number of nitrogens with zero attached hydrogens (tertiary/aromatic N) is 1. The van der Waals surface area contributed by atoms with Crippen LogP contribution in [-0.4, -0.2) is 38.4 Å². The van der Waals surface area contributed by atoms with Crippen LogP contribution in [0.2, 0.25) is 0 Å². The minimum Gasteiger partial charge on any atom is -0.312 e. The molecule has 20 heavy (non-hydrogen) atoms. The van der Waals surface area contributed by atoms with Crippen molar-refractivity contribution in [2.45, 2.75) is 44.0 Å². The first kappa shape index (κ1) is 15.5. The van der Waals surface area contributed by atoms with Crippen molar-refractivity contribution in [3.05, 3.63) is 29.8 Å². The van der Waals surface area contributed by atoms with E-state index in [0.717, 1.165) is 6.42 Å². The van der Waals surface area contributed by atoms with Gasteiger partial charge in [0.15, 0.2) is 0 Å². The average molecular weight is 296 g/mol. The van der Waals surface area contributed by atoms with Gasteiger partial charge in [-0.1, -0.05) is 26.0 Å². The van der Waals surface area contributed by atoms with Crippen LogP contribution in [-0.2, 0) is 10.0 Å². The van der Waals surface area contributed by atoms with Gasteiger partial charge in [-0.15, -0.1) is 0 Å². The highest BCUT2D eigenvalue weighted by Gasteiger charge is 2.28. The van der Waals surface area contributed by atoms with Crippen molar-refractivity contribution < 1.29 is 8.42 Å². The molecule has 0 bridgehead atoms. The second-order valence-corrected chi connectivity index (χ2v) is 7.53. The lowest BCUT2D eigenvalue weighted by Gasteiger charge is -2.31. The van der Waals surface area contributed by atoms with Crippen LogP contribution in [0.5, 0.6) is 0 Å². The number of piperazine rings is 1. The molecule has 0 amide bonds. The van der Waals surface area contributed by atoms with Gasteiger partial charge < -0.3 is 5.32 Å². The van der Waals surface area contributed by atoms with Crippen molar-refractivity contribution >= 4 is 10.0 Å². The van der Waals surface area contributed by atoms with Crippen molar-refractivity contribution in [3.8, 4) is 0 Å². The molecule has 112 valence electrons. The summed E-state index contributed by atoms with van der Waals surface area (Å²) in [6.07, 6.45) is 1.06. The first-order valence-corrected chi connectivity index (χ1v) is 8.72. The molecule has 0 aliphatic carbocycles. The van der Waals surface area contributed by atoms with Crippen LogP contribution in [0.1, 0.15) is 38.7 Å². The minimum atomic E-state index is -3.35. The first-order valence-electron chi connectivity index (χ1n) is 7.28. The van der Waals surface area contributed by atoms with Crippen molar-refractivity contribution in [3.63, 3.8) is 0 Å². The summed E-state index contributed by atoms with van der Waals surface area (Å²) in [5.41, 5.74) is 1.19. The Morgan fingerprint density at radius 3 is 2.55 bits per heavy atom. The number of nitrogens with one attached hydrogen (secondary N) is 1. The zero-order valence-corrected chi connectivity index (χ0v) is 13.3. The Balaban J connectivity index is 2.21.